The number of nitrogens with zero attached hydrogens (tertiary/aromatic N) is 2. The van der Waals surface area contributed by atoms with Crippen molar-refractivity contribution >= 4 is 38.5 Å². The Morgan fingerprint density at radius 2 is 2.36 bits per heavy atom. The molecule has 0 amide bonds. The van der Waals surface area contributed by atoms with E-state index in [9.17, 15) is 4.79 Å². The third kappa shape index (κ3) is 2.79. The molecule has 78 valence electrons. The van der Waals surface area contributed by atoms with Gasteiger partial charge in [0, 0.05) is 11.9 Å². The minimum Gasteiger partial charge on any atom is -0.298 e. The number of hydrogen-bond acceptors (Lipinski definition) is 2. The predicted octanol–water partition coefficient (Wildman–Crippen LogP) is 2.19. The second-order valence-electron chi connectivity index (χ2n) is 3.36. The molecule has 0 bridgehead atoms. The molecule has 0 saturated heterocycles. The van der Waals surface area contributed by atoms with Gasteiger partial charge in [0.15, 0.2) is 0 Å². The molecule has 0 spiro atoms. The van der Waals surface area contributed by atoms with Crippen molar-refractivity contribution < 1.29 is 0 Å². The van der Waals surface area contributed by atoms with Gasteiger partial charge in [-0.05, 0) is 35.4 Å². The van der Waals surface area contributed by atoms with Crippen molar-refractivity contribution in [2.75, 3.05) is 5.33 Å². The molecule has 0 aromatic carbocycles. The lowest BCUT2D eigenvalue weighted by Gasteiger charge is -2.10. The first-order chi connectivity index (χ1) is 6.56. The van der Waals surface area contributed by atoms with Crippen LogP contribution in [0.2, 0.25) is 0 Å². The van der Waals surface area contributed by atoms with Crippen molar-refractivity contribution in [2.45, 2.75) is 20.4 Å². The Kier molecular flexibility index (Phi) is 4.56. The van der Waals surface area contributed by atoms with Crippen molar-refractivity contribution in [2.24, 2.45) is 5.92 Å². The third-order valence-electron chi connectivity index (χ3n) is 1.93. The Morgan fingerprint density at radius 3 is 2.93 bits per heavy atom. The molecule has 0 fully saturated rings. The Hall–Kier alpha value is 0.0900. The van der Waals surface area contributed by atoms with Crippen LogP contribution < -0.4 is 5.56 Å². The highest BCUT2D eigenvalue weighted by atomic mass is 127. The Bertz CT molecular complexity index is 378. The maximum Gasteiger partial charge on any atom is 0.267 e. The summed E-state index contributed by atoms with van der Waals surface area (Å²) in [4.78, 5) is 15.9. The number of aryl methyl sites for hydroxylation is 1. The molecular formula is C9H12BrIN2O. The molecule has 1 rings (SSSR count). The second kappa shape index (κ2) is 5.25. The number of halogens is 2. The largest absolute Gasteiger partial charge is 0.298 e. The number of aromatic nitrogens is 2. The zero-order chi connectivity index (χ0) is 10.7. The smallest absolute Gasteiger partial charge is 0.267 e. The van der Waals surface area contributed by atoms with Crippen LogP contribution in [0.1, 0.15) is 12.6 Å². The Labute approximate surface area is 105 Å². The van der Waals surface area contributed by atoms with Gasteiger partial charge in [-0.1, -0.05) is 22.9 Å². The minimum atomic E-state index is 0.0610. The van der Waals surface area contributed by atoms with Gasteiger partial charge in [0.1, 0.15) is 0 Å². The van der Waals surface area contributed by atoms with E-state index in [1.165, 1.54) is 0 Å². The molecule has 1 aromatic rings. The summed E-state index contributed by atoms with van der Waals surface area (Å²) in [7, 11) is 0. The fourth-order valence-electron chi connectivity index (χ4n) is 1.06. The molecule has 14 heavy (non-hydrogen) atoms. The molecule has 0 radical (unpaired) electrons. The molecule has 1 aromatic heterocycles. The van der Waals surface area contributed by atoms with Gasteiger partial charge in [-0.3, -0.25) is 9.36 Å². The summed E-state index contributed by atoms with van der Waals surface area (Å²) in [6.45, 7) is 4.66. The molecule has 0 N–H and O–H groups in total. The van der Waals surface area contributed by atoms with E-state index in [2.05, 4.69) is 27.8 Å². The van der Waals surface area contributed by atoms with Gasteiger partial charge in [-0.2, -0.15) is 0 Å². The van der Waals surface area contributed by atoms with Crippen LogP contribution in [0.25, 0.3) is 0 Å². The monoisotopic (exact) mass is 370 g/mol. The van der Waals surface area contributed by atoms with Crippen LogP contribution >= 0.6 is 38.5 Å². The molecule has 0 aliphatic carbocycles. The van der Waals surface area contributed by atoms with E-state index in [1.54, 1.807) is 10.9 Å². The Morgan fingerprint density at radius 1 is 1.71 bits per heavy atom. The summed E-state index contributed by atoms with van der Waals surface area (Å²) in [5.41, 5.74) is 0.865. The highest BCUT2D eigenvalue weighted by Gasteiger charge is 2.07. The summed E-state index contributed by atoms with van der Waals surface area (Å²) in [6.07, 6.45) is 1.62. The normalized spacial score (nSPS) is 12.9. The van der Waals surface area contributed by atoms with Crippen molar-refractivity contribution in [3.63, 3.8) is 0 Å². The summed E-state index contributed by atoms with van der Waals surface area (Å²) in [5, 5.41) is 0.893. The van der Waals surface area contributed by atoms with E-state index in [0.717, 1.165) is 11.0 Å². The first-order valence-corrected chi connectivity index (χ1v) is 6.53. The highest BCUT2D eigenvalue weighted by molar-refractivity contribution is 14.1. The van der Waals surface area contributed by atoms with Gasteiger partial charge in [0.2, 0.25) is 0 Å². The number of rotatable bonds is 3. The average molecular weight is 371 g/mol. The molecule has 0 aliphatic rings. The topological polar surface area (TPSA) is 34.9 Å². The van der Waals surface area contributed by atoms with Crippen LogP contribution in [0.4, 0.5) is 0 Å². The summed E-state index contributed by atoms with van der Waals surface area (Å²) >= 11 is 5.44. The molecule has 3 nitrogen and oxygen atoms in total. The molecular weight excluding hydrogens is 359 g/mol. The minimum absolute atomic E-state index is 0.0610. The van der Waals surface area contributed by atoms with Crippen LogP contribution in [-0.4, -0.2) is 14.9 Å². The van der Waals surface area contributed by atoms with E-state index in [-0.39, 0.29) is 5.56 Å². The van der Waals surface area contributed by atoms with Crippen LogP contribution in [0.3, 0.4) is 0 Å². The summed E-state index contributed by atoms with van der Waals surface area (Å²) in [5.74, 6) is 0.438. The first-order valence-electron chi connectivity index (χ1n) is 4.33. The second-order valence-corrected chi connectivity index (χ2v) is 5.09. The SMILES string of the molecule is Cc1ncn(CC(C)CBr)c(=O)c1I. The van der Waals surface area contributed by atoms with E-state index < -0.39 is 0 Å². The zero-order valence-corrected chi connectivity index (χ0v) is 11.9. The van der Waals surface area contributed by atoms with Crippen LogP contribution in [0.15, 0.2) is 11.1 Å². The fourth-order valence-corrected chi connectivity index (χ4v) is 1.71. The lowest BCUT2D eigenvalue weighted by atomic mass is 10.2. The van der Waals surface area contributed by atoms with Crippen LogP contribution in [0, 0.1) is 16.4 Å². The number of hydrogen-bond donors (Lipinski definition) is 0. The molecule has 5 heteroatoms. The van der Waals surface area contributed by atoms with Crippen LogP contribution in [-0.2, 0) is 6.54 Å². The van der Waals surface area contributed by atoms with Crippen molar-refractivity contribution in [1.82, 2.24) is 9.55 Å². The van der Waals surface area contributed by atoms with E-state index in [4.69, 9.17) is 0 Å². The van der Waals surface area contributed by atoms with Gasteiger partial charge in [0.25, 0.3) is 5.56 Å². The van der Waals surface area contributed by atoms with Crippen LogP contribution in [0.5, 0.6) is 0 Å². The van der Waals surface area contributed by atoms with E-state index in [1.807, 2.05) is 29.5 Å². The lowest BCUT2D eigenvalue weighted by Crippen LogP contribution is -2.26. The zero-order valence-electron chi connectivity index (χ0n) is 8.13. The van der Waals surface area contributed by atoms with Gasteiger partial charge >= 0.3 is 0 Å². The van der Waals surface area contributed by atoms with Gasteiger partial charge < -0.3 is 0 Å². The molecule has 0 saturated carbocycles. The highest BCUT2D eigenvalue weighted by Crippen LogP contribution is 2.05. The van der Waals surface area contributed by atoms with E-state index >= 15 is 0 Å². The Balaban J connectivity index is 3.00. The first kappa shape index (κ1) is 12.2. The van der Waals surface area contributed by atoms with Gasteiger partial charge in [0.05, 0.1) is 15.6 Å². The molecule has 1 atom stereocenters. The quantitative estimate of drug-likeness (QED) is 0.603. The van der Waals surface area contributed by atoms with Crippen molar-refractivity contribution in [1.29, 1.82) is 0 Å². The standard InChI is InChI=1S/C9H12BrIN2O/c1-6(3-10)4-13-5-12-7(2)8(11)9(13)14/h5-6H,3-4H2,1-2H3. The van der Waals surface area contributed by atoms with E-state index in [0.29, 0.717) is 16.0 Å². The summed E-state index contributed by atoms with van der Waals surface area (Å²) in [6, 6.07) is 0. The van der Waals surface area contributed by atoms with Crippen molar-refractivity contribution in [3.05, 3.63) is 25.9 Å². The van der Waals surface area contributed by atoms with Gasteiger partial charge in [-0.25, -0.2) is 4.98 Å². The molecule has 1 heterocycles. The maximum absolute atomic E-state index is 11.7. The molecule has 1 unspecified atom stereocenters. The fraction of sp³-hybridized carbons (Fsp3) is 0.556. The van der Waals surface area contributed by atoms with Gasteiger partial charge in [-0.15, -0.1) is 0 Å². The maximum atomic E-state index is 11.7. The molecule has 0 aliphatic heterocycles. The van der Waals surface area contributed by atoms with Crippen molar-refractivity contribution in [3.8, 4) is 0 Å². The predicted molar refractivity (Wildman–Crippen MR) is 68.9 cm³/mol. The number of alkyl halides is 1. The lowest BCUT2D eigenvalue weighted by molar-refractivity contribution is 0.511. The third-order valence-corrected chi connectivity index (χ3v) is 4.28. The average Bonchev–Trinajstić information content (AvgIpc) is 2.19. The summed E-state index contributed by atoms with van der Waals surface area (Å²) < 4.78 is 2.38.